The van der Waals surface area contributed by atoms with Gasteiger partial charge in [-0.25, -0.2) is 0 Å². The summed E-state index contributed by atoms with van der Waals surface area (Å²) in [5.41, 5.74) is 0. The van der Waals surface area contributed by atoms with Crippen molar-refractivity contribution in [1.82, 2.24) is 0 Å². The first kappa shape index (κ1) is 6.62. The lowest BCUT2D eigenvalue weighted by Gasteiger charge is -2.26. The predicted molar refractivity (Wildman–Crippen MR) is 37.3 cm³/mol. The molecule has 0 amide bonds. The maximum absolute atomic E-state index is 5.37. The Morgan fingerprint density at radius 2 is 1.90 bits per heavy atom. The molecule has 0 spiro atoms. The standard InChI is InChI=1S/C8H13O2/c1-6-2-3-7-8(4-6)10-5-9-7/h6-8H,1-5H2. The van der Waals surface area contributed by atoms with Crippen LogP contribution in [0.2, 0.25) is 0 Å². The van der Waals surface area contributed by atoms with E-state index >= 15 is 0 Å². The third-order valence-electron chi connectivity index (χ3n) is 2.40. The maximum Gasteiger partial charge on any atom is 0.147 e. The predicted octanol–water partition coefficient (Wildman–Crippen LogP) is 1.36. The Morgan fingerprint density at radius 3 is 2.80 bits per heavy atom. The Bertz CT molecular complexity index is 124. The van der Waals surface area contributed by atoms with Crippen molar-refractivity contribution in [3.63, 3.8) is 0 Å². The van der Waals surface area contributed by atoms with Gasteiger partial charge in [0.05, 0.1) is 12.2 Å². The van der Waals surface area contributed by atoms with E-state index in [0.717, 1.165) is 12.8 Å². The van der Waals surface area contributed by atoms with Gasteiger partial charge in [0.25, 0.3) is 0 Å². The minimum absolute atomic E-state index is 0.358. The normalized spacial score (nSPS) is 47.1. The lowest BCUT2D eigenvalue weighted by Crippen LogP contribution is -2.30. The van der Waals surface area contributed by atoms with Crippen LogP contribution in [0.3, 0.4) is 0 Å². The lowest BCUT2D eigenvalue weighted by atomic mass is 9.87. The summed E-state index contributed by atoms with van der Waals surface area (Å²) < 4.78 is 10.7. The average Bonchev–Trinajstić information content (AvgIpc) is 2.33. The molecule has 2 rings (SSSR count). The Balaban J connectivity index is 1.96. The van der Waals surface area contributed by atoms with Gasteiger partial charge in [0.1, 0.15) is 6.79 Å². The molecule has 0 aromatic carbocycles. The first-order valence-corrected chi connectivity index (χ1v) is 3.92. The molecular formula is C8H13O2. The molecule has 10 heavy (non-hydrogen) atoms. The molecule has 1 aliphatic heterocycles. The van der Waals surface area contributed by atoms with E-state index in [1.807, 2.05) is 0 Å². The van der Waals surface area contributed by atoms with Crippen LogP contribution in [0.5, 0.6) is 0 Å². The largest absolute Gasteiger partial charge is 0.349 e. The number of fused-ring (bicyclic) bond motifs is 1. The van der Waals surface area contributed by atoms with E-state index in [1.165, 1.54) is 6.42 Å². The summed E-state index contributed by atoms with van der Waals surface area (Å²) in [7, 11) is 0. The van der Waals surface area contributed by atoms with Crippen molar-refractivity contribution < 1.29 is 9.47 Å². The molecule has 0 N–H and O–H groups in total. The smallest absolute Gasteiger partial charge is 0.147 e. The van der Waals surface area contributed by atoms with E-state index in [2.05, 4.69) is 6.92 Å². The summed E-state index contributed by atoms with van der Waals surface area (Å²) in [6.45, 7) is 4.52. The summed E-state index contributed by atoms with van der Waals surface area (Å²) in [5, 5.41) is 0. The highest BCUT2D eigenvalue weighted by Gasteiger charge is 2.34. The van der Waals surface area contributed by atoms with Crippen molar-refractivity contribution in [2.75, 3.05) is 6.79 Å². The van der Waals surface area contributed by atoms with Crippen LogP contribution in [0.4, 0.5) is 0 Å². The molecule has 2 aliphatic rings. The Kier molecular flexibility index (Phi) is 1.66. The molecule has 0 bridgehead atoms. The van der Waals surface area contributed by atoms with Gasteiger partial charge < -0.3 is 9.47 Å². The minimum atomic E-state index is 0.358. The molecule has 2 heteroatoms. The van der Waals surface area contributed by atoms with Gasteiger partial charge in [-0.3, -0.25) is 0 Å². The van der Waals surface area contributed by atoms with Gasteiger partial charge >= 0.3 is 0 Å². The molecule has 3 atom stereocenters. The lowest BCUT2D eigenvalue weighted by molar-refractivity contribution is 0.0392. The Labute approximate surface area is 61.5 Å². The van der Waals surface area contributed by atoms with E-state index in [1.54, 1.807) is 0 Å². The minimum Gasteiger partial charge on any atom is -0.349 e. The molecule has 1 radical (unpaired) electrons. The molecule has 1 heterocycles. The number of hydrogen-bond acceptors (Lipinski definition) is 2. The number of hydrogen-bond donors (Lipinski definition) is 0. The van der Waals surface area contributed by atoms with E-state index in [0.29, 0.717) is 24.9 Å². The molecule has 0 aromatic heterocycles. The van der Waals surface area contributed by atoms with Gasteiger partial charge in [0, 0.05) is 0 Å². The van der Waals surface area contributed by atoms with Gasteiger partial charge in [0.2, 0.25) is 0 Å². The van der Waals surface area contributed by atoms with E-state index in [9.17, 15) is 0 Å². The second kappa shape index (κ2) is 2.51. The van der Waals surface area contributed by atoms with Crippen LogP contribution in [-0.2, 0) is 9.47 Å². The molecule has 2 fully saturated rings. The molecular weight excluding hydrogens is 128 g/mol. The first-order valence-electron chi connectivity index (χ1n) is 3.92. The van der Waals surface area contributed by atoms with Crippen LogP contribution in [-0.4, -0.2) is 19.0 Å². The topological polar surface area (TPSA) is 18.5 Å². The Hall–Kier alpha value is -0.0800. The molecule has 2 nitrogen and oxygen atoms in total. The maximum atomic E-state index is 5.37. The third kappa shape index (κ3) is 1.06. The second-order valence-corrected chi connectivity index (χ2v) is 3.21. The Morgan fingerprint density at radius 1 is 1.10 bits per heavy atom. The highest BCUT2D eigenvalue weighted by atomic mass is 16.7. The summed E-state index contributed by atoms with van der Waals surface area (Å²) in [6.07, 6.45) is 4.17. The van der Waals surface area contributed by atoms with Crippen molar-refractivity contribution in [3.8, 4) is 0 Å². The molecule has 57 valence electrons. The molecule has 1 aliphatic carbocycles. The highest BCUT2D eigenvalue weighted by molar-refractivity contribution is 4.84. The van der Waals surface area contributed by atoms with Crippen molar-refractivity contribution in [2.24, 2.45) is 5.92 Å². The van der Waals surface area contributed by atoms with Gasteiger partial charge in [-0.15, -0.1) is 0 Å². The SMILES string of the molecule is [CH2]C1CCC2OCOC2C1. The number of ether oxygens (including phenoxy) is 2. The summed E-state index contributed by atoms with van der Waals surface area (Å²) >= 11 is 0. The highest BCUT2D eigenvalue weighted by Crippen LogP contribution is 2.31. The monoisotopic (exact) mass is 141 g/mol. The van der Waals surface area contributed by atoms with E-state index in [4.69, 9.17) is 9.47 Å². The van der Waals surface area contributed by atoms with Crippen molar-refractivity contribution >= 4 is 0 Å². The molecule has 1 saturated carbocycles. The van der Waals surface area contributed by atoms with Gasteiger partial charge in [0.15, 0.2) is 0 Å². The number of rotatable bonds is 0. The quantitative estimate of drug-likeness (QED) is 0.507. The third-order valence-corrected chi connectivity index (χ3v) is 2.40. The van der Waals surface area contributed by atoms with Crippen LogP contribution in [0, 0.1) is 12.8 Å². The van der Waals surface area contributed by atoms with Crippen molar-refractivity contribution in [1.29, 1.82) is 0 Å². The van der Waals surface area contributed by atoms with Gasteiger partial charge in [-0.1, -0.05) is 6.92 Å². The molecule has 3 unspecified atom stereocenters. The van der Waals surface area contributed by atoms with Crippen LogP contribution in [0.25, 0.3) is 0 Å². The van der Waals surface area contributed by atoms with Crippen molar-refractivity contribution in [3.05, 3.63) is 6.92 Å². The fraction of sp³-hybridized carbons (Fsp3) is 0.875. The molecule has 1 saturated heterocycles. The second-order valence-electron chi connectivity index (χ2n) is 3.21. The van der Waals surface area contributed by atoms with Crippen molar-refractivity contribution in [2.45, 2.75) is 31.5 Å². The summed E-state index contributed by atoms with van der Waals surface area (Å²) in [4.78, 5) is 0. The summed E-state index contributed by atoms with van der Waals surface area (Å²) in [6, 6.07) is 0. The fourth-order valence-corrected chi connectivity index (χ4v) is 1.76. The molecule has 0 aromatic rings. The summed E-state index contributed by atoms with van der Waals surface area (Å²) in [5.74, 6) is 0.586. The van der Waals surface area contributed by atoms with E-state index in [-0.39, 0.29) is 0 Å². The van der Waals surface area contributed by atoms with E-state index < -0.39 is 0 Å². The fourth-order valence-electron chi connectivity index (χ4n) is 1.76. The zero-order chi connectivity index (χ0) is 6.97. The zero-order valence-electron chi connectivity index (χ0n) is 6.08. The van der Waals surface area contributed by atoms with Crippen LogP contribution >= 0.6 is 0 Å². The van der Waals surface area contributed by atoms with Crippen LogP contribution < -0.4 is 0 Å². The van der Waals surface area contributed by atoms with Crippen LogP contribution in [0.1, 0.15) is 19.3 Å². The van der Waals surface area contributed by atoms with Crippen LogP contribution in [0.15, 0.2) is 0 Å². The first-order chi connectivity index (χ1) is 4.86. The van der Waals surface area contributed by atoms with Gasteiger partial charge in [-0.05, 0) is 25.2 Å². The van der Waals surface area contributed by atoms with Gasteiger partial charge in [-0.2, -0.15) is 0 Å². The average molecular weight is 141 g/mol. The zero-order valence-corrected chi connectivity index (χ0v) is 6.08.